The minimum Gasteiger partial charge on any atom is -0.289 e. The van der Waals surface area contributed by atoms with Crippen molar-refractivity contribution in [3.63, 3.8) is 0 Å². The first-order valence-electron chi connectivity index (χ1n) is 4.53. The lowest BCUT2D eigenvalue weighted by atomic mass is 10.2. The first kappa shape index (κ1) is 12.6. The predicted octanol–water partition coefficient (Wildman–Crippen LogP) is 2.31. The van der Waals surface area contributed by atoms with Crippen LogP contribution in [0.2, 0.25) is 0 Å². The van der Waals surface area contributed by atoms with Gasteiger partial charge in [0.1, 0.15) is 0 Å². The minimum absolute atomic E-state index is 0.0542. The van der Waals surface area contributed by atoms with E-state index in [1.165, 1.54) is 12.1 Å². The summed E-state index contributed by atoms with van der Waals surface area (Å²) in [5.74, 6) is 0. The number of halogens is 1. The molecular weight excluding hydrogens is 274 g/mol. The van der Waals surface area contributed by atoms with E-state index >= 15 is 0 Å². The van der Waals surface area contributed by atoms with Crippen LogP contribution in [0.5, 0.6) is 0 Å². The van der Waals surface area contributed by atoms with Crippen LogP contribution in [-0.4, -0.2) is 23.4 Å². The molecule has 0 aliphatic heterocycles. The molecule has 0 bridgehead atoms. The molecule has 0 aromatic heterocycles. The van der Waals surface area contributed by atoms with Gasteiger partial charge in [-0.05, 0) is 18.7 Å². The number of hydrogen-bond acceptors (Lipinski definition) is 4. The molecule has 16 heavy (non-hydrogen) atoms. The summed E-state index contributed by atoms with van der Waals surface area (Å²) in [6.07, 6.45) is 0. The minimum atomic E-state index is -0.437. The highest BCUT2D eigenvalue weighted by Gasteiger charge is 2.10. The Kier molecular flexibility index (Phi) is 4.40. The van der Waals surface area contributed by atoms with Crippen LogP contribution in [0.4, 0.5) is 5.69 Å². The highest BCUT2D eigenvalue weighted by molar-refractivity contribution is 9.10. The SMILES string of the molecule is CN(CC#N)Cc1ccc([N+](=O)[O-])cc1Br. The lowest BCUT2D eigenvalue weighted by Crippen LogP contribution is -2.18. The van der Waals surface area contributed by atoms with E-state index in [0.717, 1.165) is 5.56 Å². The number of nitro benzene ring substituents is 1. The van der Waals surface area contributed by atoms with E-state index in [1.54, 1.807) is 6.07 Å². The van der Waals surface area contributed by atoms with Crippen LogP contribution >= 0.6 is 15.9 Å². The van der Waals surface area contributed by atoms with E-state index < -0.39 is 4.92 Å². The van der Waals surface area contributed by atoms with Crippen LogP contribution in [0.1, 0.15) is 5.56 Å². The predicted molar refractivity (Wildman–Crippen MR) is 62.7 cm³/mol. The molecule has 0 heterocycles. The van der Waals surface area contributed by atoms with Gasteiger partial charge in [0, 0.05) is 23.2 Å². The highest BCUT2D eigenvalue weighted by atomic mass is 79.9. The van der Waals surface area contributed by atoms with Crippen LogP contribution in [0, 0.1) is 21.4 Å². The molecule has 1 aromatic rings. The van der Waals surface area contributed by atoms with Crippen LogP contribution < -0.4 is 0 Å². The molecule has 0 aliphatic carbocycles. The van der Waals surface area contributed by atoms with Gasteiger partial charge >= 0.3 is 0 Å². The molecule has 0 amide bonds. The van der Waals surface area contributed by atoms with Crippen molar-refractivity contribution in [1.29, 1.82) is 5.26 Å². The number of benzene rings is 1. The van der Waals surface area contributed by atoms with E-state index in [2.05, 4.69) is 15.9 Å². The first-order chi connectivity index (χ1) is 7.54. The van der Waals surface area contributed by atoms with Crippen molar-refractivity contribution in [2.75, 3.05) is 13.6 Å². The van der Waals surface area contributed by atoms with Gasteiger partial charge in [-0.2, -0.15) is 5.26 Å². The Morgan fingerprint density at radius 2 is 2.31 bits per heavy atom. The summed E-state index contributed by atoms with van der Waals surface area (Å²) in [5, 5.41) is 19.0. The van der Waals surface area contributed by atoms with Gasteiger partial charge in [-0.25, -0.2) is 0 Å². The first-order valence-corrected chi connectivity index (χ1v) is 5.32. The van der Waals surface area contributed by atoms with Gasteiger partial charge < -0.3 is 0 Å². The summed E-state index contributed by atoms with van der Waals surface area (Å²) in [4.78, 5) is 11.9. The van der Waals surface area contributed by atoms with E-state index in [9.17, 15) is 10.1 Å². The van der Waals surface area contributed by atoms with Gasteiger partial charge in [0.25, 0.3) is 5.69 Å². The fourth-order valence-electron chi connectivity index (χ4n) is 1.25. The maximum absolute atomic E-state index is 10.5. The molecule has 0 N–H and O–H groups in total. The largest absolute Gasteiger partial charge is 0.289 e. The molecule has 6 heteroatoms. The lowest BCUT2D eigenvalue weighted by Gasteiger charge is -2.13. The molecule has 0 saturated heterocycles. The fourth-order valence-corrected chi connectivity index (χ4v) is 1.74. The third-order valence-corrected chi connectivity index (χ3v) is 2.77. The van der Waals surface area contributed by atoms with Crippen molar-refractivity contribution in [2.45, 2.75) is 6.54 Å². The van der Waals surface area contributed by atoms with Crippen molar-refractivity contribution in [2.24, 2.45) is 0 Å². The molecule has 1 rings (SSSR count). The van der Waals surface area contributed by atoms with Crippen LogP contribution in [0.3, 0.4) is 0 Å². The molecule has 0 unspecified atom stereocenters. The van der Waals surface area contributed by atoms with Gasteiger partial charge in [-0.3, -0.25) is 15.0 Å². The molecule has 84 valence electrons. The van der Waals surface area contributed by atoms with Crippen LogP contribution in [-0.2, 0) is 6.54 Å². The van der Waals surface area contributed by atoms with Crippen LogP contribution in [0.25, 0.3) is 0 Å². The molecular formula is C10H10BrN3O2. The Morgan fingerprint density at radius 1 is 1.62 bits per heavy atom. The summed E-state index contributed by atoms with van der Waals surface area (Å²) in [5.41, 5.74) is 0.974. The molecule has 0 radical (unpaired) electrons. The zero-order valence-corrected chi connectivity index (χ0v) is 10.3. The van der Waals surface area contributed by atoms with E-state index in [-0.39, 0.29) is 5.69 Å². The molecule has 0 spiro atoms. The maximum atomic E-state index is 10.5. The van der Waals surface area contributed by atoms with Gasteiger partial charge in [0.05, 0.1) is 17.5 Å². The van der Waals surface area contributed by atoms with E-state index in [4.69, 9.17) is 5.26 Å². The Hall–Kier alpha value is -1.45. The molecule has 1 aromatic carbocycles. The fraction of sp³-hybridized carbons (Fsp3) is 0.300. The summed E-state index contributed by atoms with van der Waals surface area (Å²) in [7, 11) is 1.82. The molecule has 5 nitrogen and oxygen atoms in total. The standard InChI is InChI=1S/C10H10BrN3O2/c1-13(5-4-12)7-8-2-3-9(14(15)16)6-10(8)11/h2-3,6H,5,7H2,1H3. The topological polar surface area (TPSA) is 70.2 Å². The van der Waals surface area contributed by atoms with E-state index in [0.29, 0.717) is 17.6 Å². The zero-order valence-electron chi connectivity index (χ0n) is 8.68. The summed E-state index contributed by atoms with van der Waals surface area (Å²) < 4.78 is 0.687. The quantitative estimate of drug-likeness (QED) is 0.483. The third kappa shape index (κ3) is 3.29. The number of nitro groups is 1. The maximum Gasteiger partial charge on any atom is 0.270 e. The molecule has 0 saturated carbocycles. The Labute approximate surface area is 102 Å². The van der Waals surface area contributed by atoms with Crippen molar-refractivity contribution in [3.8, 4) is 6.07 Å². The second kappa shape index (κ2) is 5.58. The Morgan fingerprint density at radius 3 is 2.81 bits per heavy atom. The number of hydrogen-bond donors (Lipinski definition) is 0. The van der Waals surface area contributed by atoms with Gasteiger partial charge in [-0.1, -0.05) is 15.9 Å². The average molecular weight is 284 g/mol. The number of nitriles is 1. The van der Waals surface area contributed by atoms with Crippen molar-refractivity contribution in [3.05, 3.63) is 38.3 Å². The van der Waals surface area contributed by atoms with Gasteiger partial charge in [-0.15, -0.1) is 0 Å². The number of non-ortho nitro benzene ring substituents is 1. The molecule has 0 atom stereocenters. The summed E-state index contributed by atoms with van der Waals surface area (Å²) in [6, 6.07) is 6.66. The Bertz CT molecular complexity index is 442. The zero-order chi connectivity index (χ0) is 12.1. The van der Waals surface area contributed by atoms with E-state index in [1.807, 2.05) is 18.0 Å². The van der Waals surface area contributed by atoms with Gasteiger partial charge in [0.15, 0.2) is 0 Å². The van der Waals surface area contributed by atoms with Crippen LogP contribution in [0.15, 0.2) is 22.7 Å². The summed E-state index contributed by atoms with van der Waals surface area (Å²) >= 11 is 3.28. The number of rotatable bonds is 4. The average Bonchev–Trinajstić information content (AvgIpc) is 2.21. The highest BCUT2D eigenvalue weighted by Crippen LogP contribution is 2.23. The van der Waals surface area contributed by atoms with Crippen molar-refractivity contribution < 1.29 is 4.92 Å². The second-order valence-electron chi connectivity index (χ2n) is 3.36. The van der Waals surface area contributed by atoms with Gasteiger partial charge in [0.2, 0.25) is 0 Å². The van der Waals surface area contributed by atoms with Crippen molar-refractivity contribution >= 4 is 21.6 Å². The molecule has 0 fully saturated rings. The monoisotopic (exact) mass is 283 g/mol. The summed E-state index contributed by atoms with van der Waals surface area (Å²) in [6.45, 7) is 0.898. The Balaban J connectivity index is 2.84. The van der Waals surface area contributed by atoms with Crippen molar-refractivity contribution in [1.82, 2.24) is 4.90 Å². The lowest BCUT2D eigenvalue weighted by molar-refractivity contribution is -0.384. The molecule has 0 aliphatic rings. The second-order valence-corrected chi connectivity index (χ2v) is 4.22. The smallest absolute Gasteiger partial charge is 0.270 e. The normalized spacial score (nSPS) is 10.1. The number of nitrogens with zero attached hydrogens (tertiary/aromatic N) is 3. The third-order valence-electron chi connectivity index (χ3n) is 2.03.